The summed E-state index contributed by atoms with van der Waals surface area (Å²) in [5.74, 6) is -0.296. The lowest BCUT2D eigenvalue weighted by molar-refractivity contribution is 0.609. The molecule has 19 heavy (non-hydrogen) atoms. The van der Waals surface area contributed by atoms with Gasteiger partial charge in [0, 0.05) is 28.7 Å². The van der Waals surface area contributed by atoms with Gasteiger partial charge in [0.15, 0.2) is 0 Å². The maximum atomic E-state index is 13.7. The van der Waals surface area contributed by atoms with Gasteiger partial charge in [-0.3, -0.25) is 9.97 Å². The van der Waals surface area contributed by atoms with Crippen LogP contribution in [0.3, 0.4) is 0 Å². The Balaban J connectivity index is 2.11. The summed E-state index contributed by atoms with van der Waals surface area (Å²) >= 11 is 3.21. The van der Waals surface area contributed by atoms with Crippen molar-refractivity contribution in [2.45, 2.75) is 5.33 Å². The number of rotatable bonds is 2. The van der Waals surface area contributed by atoms with Gasteiger partial charge in [-0.2, -0.15) is 0 Å². The second-order valence-corrected chi connectivity index (χ2v) is 4.76. The lowest BCUT2D eigenvalue weighted by atomic mass is 10.0. The Bertz CT molecular complexity index is 743. The third-order valence-corrected chi connectivity index (χ3v) is 3.51. The second-order valence-electron chi connectivity index (χ2n) is 4.20. The standard InChI is InChI=1S/C15H10BrFN2/c16-8-15-13(17)6-12(9-19-15)11-4-3-10-2-1-5-18-14(10)7-11/h1-7,9H,8H2. The van der Waals surface area contributed by atoms with E-state index in [1.807, 2.05) is 30.3 Å². The van der Waals surface area contributed by atoms with E-state index in [9.17, 15) is 4.39 Å². The first kappa shape index (κ1) is 12.2. The van der Waals surface area contributed by atoms with E-state index in [0.29, 0.717) is 11.0 Å². The van der Waals surface area contributed by atoms with Crippen LogP contribution in [-0.2, 0) is 5.33 Å². The van der Waals surface area contributed by atoms with Gasteiger partial charge in [-0.25, -0.2) is 4.39 Å². The highest BCUT2D eigenvalue weighted by Gasteiger charge is 2.06. The first-order valence-electron chi connectivity index (χ1n) is 5.83. The number of halogens is 2. The van der Waals surface area contributed by atoms with Gasteiger partial charge < -0.3 is 0 Å². The highest BCUT2D eigenvalue weighted by atomic mass is 79.9. The van der Waals surface area contributed by atoms with Gasteiger partial charge in [-0.05, 0) is 23.8 Å². The molecule has 0 aliphatic rings. The van der Waals surface area contributed by atoms with Crippen molar-refractivity contribution < 1.29 is 4.39 Å². The average molecular weight is 317 g/mol. The normalized spacial score (nSPS) is 10.8. The van der Waals surface area contributed by atoms with Crippen LogP contribution < -0.4 is 0 Å². The fourth-order valence-electron chi connectivity index (χ4n) is 1.97. The molecule has 0 spiro atoms. The summed E-state index contributed by atoms with van der Waals surface area (Å²) in [6.45, 7) is 0. The SMILES string of the molecule is Fc1cc(-c2ccc3cccnc3c2)cnc1CBr. The number of benzene rings is 1. The molecular weight excluding hydrogens is 307 g/mol. The van der Waals surface area contributed by atoms with E-state index in [2.05, 4.69) is 25.9 Å². The number of hydrogen-bond acceptors (Lipinski definition) is 2. The molecule has 0 saturated carbocycles. The molecule has 3 aromatic rings. The molecule has 1 aromatic carbocycles. The molecule has 2 heterocycles. The Morgan fingerprint density at radius 2 is 1.95 bits per heavy atom. The molecule has 0 saturated heterocycles. The van der Waals surface area contributed by atoms with Crippen LogP contribution in [0, 0.1) is 5.82 Å². The van der Waals surface area contributed by atoms with Gasteiger partial charge in [0.25, 0.3) is 0 Å². The molecular formula is C15H10BrFN2. The van der Waals surface area contributed by atoms with Crippen LogP contribution in [0.2, 0.25) is 0 Å². The Kier molecular flexibility index (Phi) is 3.25. The van der Waals surface area contributed by atoms with Crippen molar-refractivity contribution >= 4 is 26.8 Å². The van der Waals surface area contributed by atoms with Crippen molar-refractivity contribution in [3.63, 3.8) is 0 Å². The number of aromatic nitrogens is 2. The van der Waals surface area contributed by atoms with Crippen LogP contribution in [0.4, 0.5) is 4.39 Å². The zero-order chi connectivity index (χ0) is 13.2. The maximum absolute atomic E-state index is 13.7. The Morgan fingerprint density at radius 1 is 1.05 bits per heavy atom. The molecule has 0 fully saturated rings. The molecule has 0 atom stereocenters. The Labute approximate surface area is 118 Å². The molecule has 94 valence electrons. The zero-order valence-electron chi connectivity index (χ0n) is 9.98. The summed E-state index contributed by atoms with van der Waals surface area (Å²) in [5, 5.41) is 1.48. The predicted molar refractivity (Wildman–Crippen MR) is 77.6 cm³/mol. The van der Waals surface area contributed by atoms with Gasteiger partial charge >= 0.3 is 0 Å². The van der Waals surface area contributed by atoms with E-state index in [1.165, 1.54) is 6.07 Å². The zero-order valence-corrected chi connectivity index (χ0v) is 11.6. The van der Waals surface area contributed by atoms with Crippen LogP contribution in [0.1, 0.15) is 5.69 Å². The highest BCUT2D eigenvalue weighted by Crippen LogP contribution is 2.24. The number of pyridine rings is 2. The van der Waals surface area contributed by atoms with Crippen molar-refractivity contribution in [1.29, 1.82) is 0 Å². The van der Waals surface area contributed by atoms with Gasteiger partial charge in [0.1, 0.15) is 5.82 Å². The topological polar surface area (TPSA) is 25.8 Å². The third-order valence-electron chi connectivity index (χ3n) is 2.98. The number of alkyl halides is 1. The average Bonchev–Trinajstić information content (AvgIpc) is 2.46. The molecule has 0 aliphatic heterocycles. The maximum Gasteiger partial charge on any atom is 0.146 e. The molecule has 4 heteroatoms. The largest absolute Gasteiger partial charge is 0.257 e. The smallest absolute Gasteiger partial charge is 0.146 e. The van der Waals surface area contributed by atoms with E-state index < -0.39 is 0 Å². The van der Waals surface area contributed by atoms with Gasteiger partial charge in [-0.15, -0.1) is 0 Å². The van der Waals surface area contributed by atoms with Crippen molar-refractivity contribution in [2.24, 2.45) is 0 Å². The van der Waals surface area contributed by atoms with E-state index >= 15 is 0 Å². The number of fused-ring (bicyclic) bond motifs is 1. The summed E-state index contributed by atoms with van der Waals surface area (Å²) in [6, 6.07) is 11.3. The summed E-state index contributed by atoms with van der Waals surface area (Å²) in [5.41, 5.74) is 2.99. The van der Waals surface area contributed by atoms with Crippen LogP contribution >= 0.6 is 15.9 Å². The van der Waals surface area contributed by atoms with Crippen LogP contribution in [0.5, 0.6) is 0 Å². The molecule has 0 amide bonds. The van der Waals surface area contributed by atoms with E-state index in [4.69, 9.17) is 0 Å². The minimum atomic E-state index is -0.296. The second kappa shape index (κ2) is 5.05. The fourth-order valence-corrected chi connectivity index (χ4v) is 2.38. The van der Waals surface area contributed by atoms with Crippen molar-refractivity contribution in [1.82, 2.24) is 9.97 Å². The first-order chi connectivity index (χ1) is 9.28. The predicted octanol–water partition coefficient (Wildman–Crippen LogP) is 4.33. The Morgan fingerprint density at radius 3 is 2.74 bits per heavy atom. The summed E-state index contributed by atoms with van der Waals surface area (Å²) in [6.07, 6.45) is 3.43. The van der Waals surface area contributed by atoms with Crippen molar-refractivity contribution in [3.05, 3.63) is 60.3 Å². The summed E-state index contributed by atoms with van der Waals surface area (Å²) < 4.78 is 13.7. The Hall–Kier alpha value is -1.81. The van der Waals surface area contributed by atoms with Crippen molar-refractivity contribution in [2.75, 3.05) is 0 Å². The quantitative estimate of drug-likeness (QED) is 0.658. The molecule has 0 N–H and O–H groups in total. The number of nitrogens with zero attached hydrogens (tertiary/aromatic N) is 2. The summed E-state index contributed by atoms with van der Waals surface area (Å²) in [7, 11) is 0. The van der Waals surface area contributed by atoms with Gasteiger partial charge in [-0.1, -0.05) is 34.1 Å². The molecule has 2 aromatic heterocycles. The van der Waals surface area contributed by atoms with E-state index in [1.54, 1.807) is 12.4 Å². The molecule has 3 rings (SSSR count). The van der Waals surface area contributed by atoms with E-state index in [0.717, 1.165) is 22.0 Å². The van der Waals surface area contributed by atoms with E-state index in [-0.39, 0.29) is 5.82 Å². The molecule has 2 nitrogen and oxygen atoms in total. The lowest BCUT2D eigenvalue weighted by Gasteiger charge is -2.05. The van der Waals surface area contributed by atoms with Gasteiger partial charge in [0.05, 0.1) is 11.2 Å². The van der Waals surface area contributed by atoms with Crippen LogP contribution in [0.15, 0.2) is 48.8 Å². The van der Waals surface area contributed by atoms with Crippen LogP contribution in [0.25, 0.3) is 22.0 Å². The first-order valence-corrected chi connectivity index (χ1v) is 6.95. The minimum absolute atomic E-state index is 0.296. The highest BCUT2D eigenvalue weighted by molar-refractivity contribution is 9.08. The minimum Gasteiger partial charge on any atom is -0.257 e. The van der Waals surface area contributed by atoms with Crippen LogP contribution in [-0.4, -0.2) is 9.97 Å². The number of hydrogen-bond donors (Lipinski definition) is 0. The molecule has 0 aliphatic carbocycles. The van der Waals surface area contributed by atoms with Gasteiger partial charge in [0.2, 0.25) is 0 Å². The molecule has 0 radical (unpaired) electrons. The molecule has 0 unspecified atom stereocenters. The molecule has 0 bridgehead atoms. The monoisotopic (exact) mass is 316 g/mol. The fraction of sp³-hybridized carbons (Fsp3) is 0.0667. The lowest BCUT2D eigenvalue weighted by Crippen LogP contribution is -1.92. The summed E-state index contributed by atoms with van der Waals surface area (Å²) in [4.78, 5) is 8.41. The third kappa shape index (κ3) is 2.36. The van der Waals surface area contributed by atoms with Crippen molar-refractivity contribution in [3.8, 4) is 11.1 Å².